The van der Waals surface area contributed by atoms with Crippen molar-refractivity contribution in [1.29, 1.82) is 0 Å². The molecule has 0 aliphatic carbocycles. The van der Waals surface area contributed by atoms with Gasteiger partial charge in [0.1, 0.15) is 6.42 Å². The Hall–Kier alpha value is -2.73. The van der Waals surface area contributed by atoms with Crippen molar-refractivity contribution in [2.45, 2.75) is 19.5 Å². The monoisotopic (exact) mass is 352 g/mol. The molecule has 6 heteroatoms. The lowest BCUT2D eigenvalue weighted by Gasteiger charge is -2.34. The van der Waals surface area contributed by atoms with Gasteiger partial charge in [0.25, 0.3) is 0 Å². The van der Waals surface area contributed by atoms with Gasteiger partial charge in [-0.2, -0.15) is 0 Å². The fraction of sp³-hybridized carbons (Fsp3) is 0.350. The molecule has 1 fully saturated rings. The molecular formula is C20H24N4O2. The average Bonchev–Trinajstić information content (AvgIpc) is 2.68. The van der Waals surface area contributed by atoms with Crippen molar-refractivity contribution in [3.8, 4) is 0 Å². The Balaban J connectivity index is 1.38. The minimum atomic E-state index is -0.257. The summed E-state index contributed by atoms with van der Waals surface area (Å²) in [6, 6.07) is 15.9. The van der Waals surface area contributed by atoms with Gasteiger partial charge < -0.3 is 10.2 Å². The molecule has 26 heavy (non-hydrogen) atoms. The van der Waals surface area contributed by atoms with Crippen LogP contribution in [0.2, 0.25) is 0 Å². The number of piperazine rings is 1. The van der Waals surface area contributed by atoms with Gasteiger partial charge >= 0.3 is 0 Å². The zero-order valence-corrected chi connectivity index (χ0v) is 14.8. The van der Waals surface area contributed by atoms with Gasteiger partial charge in [-0.3, -0.25) is 19.5 Å². The normalized spacial score (nSPS) is 14.8. The second kappa shape index (κ2) is 9.10. The SMILES string of the molecule is O=C(CC(=O)N1CCN(Cc2ccccc2)CC1)NCc1ccccn1. The van der Waals surface area contributed by atoms with Crippen LogP contribution in [0.3, 0.4) is 0 Å². The molecule has 1 saturated heterocycles. The van der Waals surface area contributed by atoms with Gasteiger partial charge in [0.2, 0.25) is 11.8 Å². The molecule has 1 aromatic heterocycles. The number of aromatic nitrogens is 1. The number of rotatable bonds is 6. The minimum absolute atomic E-state index is 0.106. The van der Waals surface area contributed by atoms with E-state index in [1.165, 1.54) is 5.56 Å². The largest absolute Gasteiger partial charge is 0.350 e. The van der Waals surface area contributed by atoms with Crippen molar-refractivity contribution in [1.82, 2.24) is 20.1 Å². The van der Waals surface area contributed by atoms with Crippen molar-refractivity contribution >= 4 is 11.8 Å². The summed E-state index contributed by atoms with van der Waals surface area (Å²) < 4.78 is 0. The van der Waals surface area contributed by atoms with E-state index < -0.39 is 0 Å². The summed E-state index contributed by atoms with van der Waals surface area (Å²) >= 11 is 0. The van der Waals surface area contributed by atoms with Gasteiger partial charge in [-0.05, 0) is 17.7 Å². The number of nitrogens with one attached hydrogen (secondary N) is 1. The number of carbonyl (C=O) groups excluding carboxylic acids is 2. The number of benzene rings is 1. The Bertz CT molecular complexity index is 713. The molecule has 0 bridgehead atoms. The zero-order chi connectivity index (χ0) is 18.2. The summed E-state index contributed by atoms with van der Waals surface area (Å²) in [4.78, 5) is 32.6. The molecule has 0 atom stereocenters. The van der Waals surface area contributed by atoms with Crippen LogP contribution in [0.25, 0.3) is 0 Å². The van der Waals surface area contributed by atoms with Crippen LogP contribution in [0.4, 0.5) is 0 Å². The van der Waals surface area contributed by atoms with E-state index in [1.54, 1.807) is 11.1 Å². The number of amides is 2. The molecule has 1 N–H and O–H groups in total. The molecule has 3 rings (SSSR count). The molecule has 0 saturated carbocycles. The Morgan fingerprint density at radius 2 is 1.69 bits per heavy atom. The van der Waals surface area contributed by atoms with E-state index in [1.807, 2.05) is 36.4 Å². The Kier molecular flexibility index (Phi) is 6.33. The number of nitrogens with zero attached hydrogens (tertiary/aromatic N) is 3. The smallest absolute Gasteiger partial charge is 0.232 e. The van der Waals surface area contributed by atoms with E-state index in [4.69, 9.17) is 0 Å². The quantitative estimate of drug-likeness (QED) is 0.799. The Labute approximate surface area is 153 Å². The topological polar surface area (TPSA) is 65.5 Å². The van der Waals surface area contributed by atoms with E-state index in [0.717, 1.165) is 25.3 Å². The fourth-order valence-electron chi connectivity index (χ4n) is 3.00. The molecule has 6 nitrogen and oxygen atoms in total. The third kappa shape index (κ3) is 5.39. The summed E-state index contributed by atoms with van der Waals surface area (Å²) in [5, 5.41) is 2.75. The lowest BCUT2D eigenvalue weighted by Crippen LogP contribution is -2.49. The molecule has 0 unspecified atom stereocenters. The summed E-state index contributed by atoms with van der Waals surface area (Å²) in [6.07, 6.45) is 1.58. The molecule has 1 aliphatic heterocycles. The van der Waals surface area contributed by atoms with Crippen molar-refractivity contribution in [2.75, 3.05) is 26.2 Å². The highest BCUT2D eigenvalue weighted by Gasteiger charge is 2.22. The maximum Gasteiger partial charge on any atom is 0.232 e. The molecule has 0 radical (unpaired) electrons. The summed E-state index contributed by atoms with van der Waals surface area (Å²) in [6.45, 7) is 4.23. The molecule has 0 spiro atoms. The predicted molar refractivity (Wildman–Crippen MR) is 99.0 cm³/mol. The second-order valence-electron chi connectivity index (χ2n) is 6.42. The highest BCUT2D eigenvalue weighted by Crippen LogP contribution is 2.09. The summed E-state index contributed by atoms with van der Waals surface area (Å²) in [5.74, 6) is -0.366. The first-order chi connectivity index (χ1) is 12.7. The highest BCUT2D eigenvalue weighted by atomic mass is 16.2. The van der Waals surface area contributed by atoms with Gasteiger partial charge in [-0.1, -0.05) is 36.4 Å². The van der Waals surface area contributed by atoms with Crippen LogP contribution in [-0.2, 0) is 22.7 Å². The van der Waals surface area contributed by atoms with Gasteiger partial charge in [0.05, 0.1) is 12.2 Å². The van der Waals surface area contributed by atoms with Crippen LogP contribution in [-0.4, -0.2) is 52.8 Å². The van der Waals surface area contributed by atoms with Crippen molar-refractivity contribution in [3.05, 3.63) is 66.0 Å². The Morgan fingerprint density at radius 3 is 2.38 bits per heavy atom. The van der Waals surface area contributed by atoms with E-state index in [9.17, 15) is 9.59 Å². The van der Waals surface area contributed by atoms with Crippen molar-refractivity contribution in [3.63, 3.8) is 0 Å². The third-order valence-corrected chi connectivity index (χ3v) is 4.48. The molecule has 2 amide bonds. The lowest BCUT2D eigenvalue weighted by atomic mass is 10.2. The van der Waals surface area contributed by atoms with Gasteiger partial charge in [-0.15, -0.1) is 0 Å². The van der Waals surface area contributed by atoms with Gasteiger partial charge in [-0.25, -0.2) is 0 Å². The predicted octanol–water partition coefficient (Wildman–Crippen LogP) is 1.43. The van der Waals surface area contributed by atoms with Crippen LogP contribution >= 0.6 is 0 Å². The first kappa shape index (κ1) is 18.1. The Morgan fingerprint density at radius 1 is 0.962 bits per heavy atom. The molecular weight excluding hydrogens is 328 g/mol. The highest BCUT2D eigenvalue weighted by molar-refractivity contribution is 5.96. The van der Waals surface area contributed by atoms with Crippen LogP contribution < -0.4 is 5.32 Å². The van der Waals surface area contributed by atoms with E-state index in [2.05, 4.69) is 27.3 Å². The van der Waals surface area contributed by atoms with E-state index in [-0.39, 0.29) is 18.2 Å². The van der Waals surface area contributed by atoms with Gasteiger partial charge in [0.15, 0.2) is 0 Å². The maximum absolute atomic E-state index is 12.3. The molecule has 2 heterocycles. The average molecular weight is 352 g/mol. The zero-order valence-electron chi connectivity index (χ0n) is 14.8. The molecule has 136 valence electrons. The third-order valence-electron chi connectivity index (χ3n) is 4.48. The number of pyridine rings is 1. The first-order valence-electron chi connectivity index (χ1n) is 8.91. The minimum Gasteiger partial charge on any atom is -0.350 e. The van der Waals surface area contributed by atoms with E-state index in [0.29, 0.717) is 19.6 Å². The van der Waals surface area contributed by atoms with Crippen LogP contribution in [0.15, 0.2) is 54.7 Å². The van der Waals surface area contributed by atoms with Crippen LogP contribution in [0.1, 0.15) is 17.7 Å². The fourth-order valence-corrected chi connectivity index (χ4v) is 3.00. The molecule has 2 aromatic rings. The molecule has 1 aromatic carbocycles. The lowest BCUT2D eigenvalue weighted by molar-refractivity contribution is -0.137. The second-order valence-corrected chi connectivity index (χ2v) is 6.42. The van der Waals surface area contributed by atoms with Crippen molar-refractivity contribution < 1.29 is 9.59 Å². The summed E-state index contributed by atoms with van der Waals surface area (Å²) in [7, 11) is 0. The number of hydrogen-bond acceptors (Lipinski definition) is 4. The van der Waals surface area contributed by atoms with Crippen molar-refractivity contribution in [2.24, 2.45) is 0 Å². The maximum atomic E-state index is 12.3. The summed E-state index contributed by atoms with van der Waals surface area (Å²) in [5.41, 5.74) is 2.06. The van der Waals surface area contributed by atoms with Crippen LogP contribution in [0, 0.1) is 0 Å². The number of hydrogen-bond donors (Lipinski definition) is 1. The number of carbonyl (C=O) groups is 2. The first-order valence-corrected chi connectivity index (χ1v) is 8.91. The van der Waals surface area contributed by atoms with Gasteiger partial charge in [0, 0.05) is 38.9 Å². The molecule has 1 aliphatic rings. The van der Waals surface area contributed by atoms with E-state index >= 15 is 0 Å². The standard InChI is InChI=1S/C20H24N4O2/c25-19(22-15-18-8-4-5-9-21-18)14-20(26)24-12-10-23(11-13-24)16-17-6-2-1-3-7-17/h1-9H,10-16H2,(H,22,25). The van der Waals surface area contributed by atoms with Crippen LogP contribution in [0.5, 0.6) is 0 Å².